The zero-order valence-electron chi connectivity index (χ0n) is 8.42. The summed E-state index contributed by atoms with van der Waals surface area (Å²) in [7, 11) is 0. The van der Waals surface area contributed by atoms with E-state index in [2.05, 4.69) is 9.97 Å². The van der Waals surface area contributed by atoms with Crippen molar-refractivity contribution in [1.82, 2.24) is 9.97 Å². The monoisotopic (exact) mass is 445 g/mol. The minimum atomic E-state index is 0. The van der Waals surface area contributed by atoms with Crippen LogP contribution >= 0.6 is 23.2 Å². The molecule has 1 radical (unpaired) electrons. The third-order valence-electron chi connectivity index (χ3n) is 2.47. The van der Waals surface area contributed by atoms with E-state index >= 15 is 0 Å². The maximum Gasteiger partial charge on any atom is 0.148 e. The fourth-order valence-corrected chi connectivity index (χ4v) is 2.03. The van der Waals surface area contributed by atoms with Crippen LogP contribution in [0.2, 0.25) is 10.2 Å². The van der Waals surface area contributed by atoms with Gasteiger partial charge in [-0.3, -0.25) is 4.98 Å². The Balaban J connectivity index is 0.00000108. The number of hydrogen-bond donors (Lipinski definition) is 0. The van der Waals surface area contributed by atoms with Crippen LogP contribution in [0.15, 0.2) is 36.5 Å². The second-order valence-electron chi connectivity index (χ2n) is 3.47. The van der Waals surface area contributed by atoms with Crippen LogP contribution in [0, 0.1) is 0 Å². The van der Waals surface area contributed by atoms with Gasteiger partial charge in [0.25, 0.3) is 0 Å². The van der Waals surface area contributed by atoms with E-state index in [-0.39, 0.29) is 22.4 Å². The standard InChI is InChI=1S/C12H6Cl2N2.Au/c13-9-6-8-4-3-7-2-1-5-15-10(7)11(8)16-12(9)14;/h1-6H;. The first-order valence-corrected chi connectivity index (χ1v) is 5.51. The van der Waals surface area contributed by atoms with Crippen LogP contribution in [0.25, 0.3) is 21.8 Å². The van der Waals surface area contributed by atoms with Crippen LogP contribution in [-0.2, 0) is 22.4 Å². The van der Waals surface area contributed by atoms with Gasteiger partial charge in [0.1, 0.15) is 5.15 Å². The summed E-state index contributed by atoms with van der Waals surface area (Å²) in [5, 5.41) is 2.76. The zero-order chi connectivity index (χ0) is 11.1. The number of halogens is 2. The Hall–Kier alpha value is -0.640. The van der Waals surface area contributed by atoms with E-state index in [0.29, 0.717) is 10.2 Å². The second-order valence-corrected chi connectivity index (χ2v) is 4.24. The van der Waals surface area contributed by atoms with Gasteiger partial charge in [-0.05, 0) is 12.1 Å². The molecule has 0 unspecified atom stereocenters. The summed E-state index contributed by atoms with van der Waals surface area (Å²) in [5.74, 6) is 0. The molecule has 0 aliphatic carbocycles. The number of nitrogens with zero attached hydrogens (tertiary/aromatic N) is 2. The van der Waals surface area contributed by atoms with Gasteiger partial charge >= 0.3 is 0 Å². The summed E-state index contributed by atoms with van der Waals surface area (Å²) >= 11 is 11.8. The molecule has 0 aliphatic rings. The van der Waals surface area contributed by atoms with Crippen molar-refractivity contribution >= 4 is 45.0 Å². The molecule has 0 fully saturated rings. The third kappa shape index (κ3) is 2.19. The number of fused-ring (bicyclic) bond motifs is 3. The summed E-state index contributed by atoms with van der Waals surface area (Å²) in [5.41, 5.74) is 1.63. The molecule has 17 heavy (non-hydrogen) atoms. The van der Waals surface area contributed by atoms with Crippen molar-refractivity contribution < 1.29 is 22.4 Å². The zero-order valence-corrected chi connectivity index (χ0v) is 12.1. The summed E-state index contributed by atoms with van der Waals surface area (Å²) < 4.78 is 0. The van der Waals surface area contributed by atoms with E-state index in [1.165, 1.54) is 0 Å². The molecule has 0 saturated carbocycles. The maximum absolute atomic E-state index is 5.92. The Morgan fingerprint density at radius 3 is 2.53 bits per heavy atom. The number of hydrogen-bond acceptors (Lipinski definition) is 2. The quantitative estimate of drug-likeness (QED) is 0.296. The van der Waals surface area contributed by atoms with Gasteiger partial charge in [-0.15, -0.1) is 0 Å². The molecule has 89 valence electrons. The van der Waals surface area contributed by atoms with Crippen LogP contribution < -0.4 is 0 Å². The Morgan fingerprint density at radius 1 is 0.941 bits per heavy atom. The van der Waals surface area contributed by atoms with Crippen LogP contribution in [0.1, 0.15) is 0 Å². The Morgan fingerprint density at radius 2 is 1.71 bits per heavy atom. The molecular weight excluding hydrogens is 440 g/mol. The number of aromatic nitrogens is 2. The molecule has 2 nitrogen and oxygen atoms in total. The summed E-state index contributed by atoms with van der Waals surface area (Å²) in [6, 6.07) is 9.66. The second kappa shape index (κ2) is 4.93. The molecule has 0 spiro atoms. The van der Waals surface area contributed by atoms with Crippen molar-refractivity contribution in [3.8, 4) is 0 Å². The average molecular weight is 446 g/mol. The first-order valence-electron chi connectivity index (χ1n) is 4.75. The first kappa shape index (κ1) is 12.8. The Labute approximate surface area is 123 Å². The molecular formula is C12H6AuCl2N2. The van der Waals surface area contributed by atoms with Crippen LogP contribution in [0.4, 0.5) is 0 Å². The average Bonchev–Trinajstić information content (AvgIpc) is 2.31. The predicted molar refractivity (Wildman–Crippen MR) is 67.1 cm³/mol. The van der Waals surface area contributed by atoms with Crippen LogP contribution in [-0.4, -0.2) is 9.97 Å². The first-order chi connectivity index (χ1) is 7.75. The van der Waals surface area contributed by atoms with Gasteiger partial charge < -0.3 is 0 Å². The van der Waals surface area contributed by atoms with Gasteiger partial charge in [0, 0.05) is 39.3 Å². The van der Waals surface area contributed by atoms with Gasteiger partial charge in [0.15, 0.2) is 0 Å². The maximum atomic E-state index is 5.92. The van der Waals surface area contributed by atoms with Gasteiger partial charge in [-0.25, -0.2) is 4.98 Å². The van der Waals surface area contributed by atoms with Gasteiger partial charge in [-0.1, -0.05) is 41.4 Å². The summed E-state index contributed by atoms with van der Waals surface area (Å²) in [4.78, 5) is 8.59. The van der Waals surface area contributed by atoms with E-state index in [1.807, 2.05) is 24.3 Å². The van der Waals surface area contributed by atoms with E-state index in [4.69, 9.17) is 23.2 Å². The molecule has 0 aliphatic heterocycles. The normalized spacial score (nSPS) is 10.5. The molecule has 3 aromatic rings. The molecule has 0 saturated heterocycles. The van der Waals surface area contributed by atoms with Crippen molar-refractivity contribution in [2.75, 3.05) is 0 Å². The largest absolute Gasteiger partial charge is 0.254 e. The number of pyridine rings is 2. The van der Waals surface area contributed by atoms with Gasteiger partial charge in [0.2, 0.25) is 0 Å². The topological polar surface area (TPSA) is 25.8 Å². The fraction of sp³-hybridized carbons (Fsp3) is 0. The minimum Gasteiger partial charge on any atom is -0.254 e. The summed E-state index contributed by atoms with van der Waals surface area (Å²) in [6.45, 7) is 0. The summed E-state index contributed by atoms with van der Waals surface area (Å²) in [6.07, 6.45) is 1.74. The van der Waals surface area contributed by atoms with Crippen molar-refractivity contribution in [3.05, 3.63) is 46.7 Å². The molecule has 1 aromatic carbocycles. The van der Waals surface area contributed by atoms with Crippen molar-refractivity contribution in [1.29, 1.82) is 0 Å². The Bertz CT molecular complexity index is 700. The van der Waals surface area contributed by atoms with Crippen molar-refractivity contribution in [3.63, 3.8) is 0 Å². The van der Waals surface area contributed by atoms with Gasteiger partial charge in [0.05, 0.1) is 16.1 Å². The molecule has 5 heteroatoms. The fourth-order valence-electron chi connectivity index (χ4n) is 1.73. The SMILES string of the molecule is Clc1cc2ccc3cccnc3c2nc1Cl.[Au]. The van der Waals surface area contributed by atoms with E-state index in [0.717, 1.165) is 21.8 Å². The van der Waals surface area contributed by atoms with E-state index in [9.17, 15) is 0 Å². The van der Waals surface area contributed by atoms with Crippen LogP contribution in [0.5, 0.6) is 0 Å². The molecule has 0 atom stereocenters. The van der Waals surface area contributed by atoms with Crippen molar-refractivity contribution in [2.45, 2.75) is 0 Å². The number of benzene rings is 1. The molecule has 0 amide bonds. The Kier molecular flexibility index (Phi) is 3.71. The number of rotatable bonds is 0. The third-order valence-corrected chi connectivity index (χ3v) is 3.14. The minimum absolute atomic E-state index is 0. The molecule has 3 rings (SSSR count). The van der Waals surface area contributed by atoms with Gasteiger partial charge in [-0.2, -0.15) is 0 Å². The van der Waals surface area contributed by atoms with Crippen molar-refractivity contribution in [2.24, 2.45) is 0 Å². The predicted octanol–water partition coefficient (Wildman–Crippen LogP) is 4.09. The molecule has 0 bridgehead atoms. The molecule has 2 heterocycles. The smallest absolute Gasteiger partial charge is 0.148 e. The van der Waals surface area contributed by atoms with E-state index < -0.39 is 0 Å². The molecule has 2 aromatic heterocycles. The van der Waals surface area contributed by atoms with E-state index in [1.54, 1.807) is 12.3 Å². The molecule has 0 N–H and O–H groups in total. The van der Waals surface area contributed by atoms with Crippen LogP contribution in [0.3, 0.4) is 0 Å².